The van der Waals surface area contributed by atoms with Crippen molar-refractivity contribution >= 4 is 5.97 Å². The summed E-state index contributed by atoms with van der Waals surface area (Å²) in [7, 11) is 2.95. The molecule has 0 radical (unpaired) electrons. The van der Waals surface area contributed by atoms with E-state index in [1.54, 1.807) is 13.2 Å². The van der Waals surface area contributed by atoms with Gasteiger partial charge in [0.25, 0.3) is 0 Å². The predicted octanol–water partition coefficient (Wildman–Crippen LogP) is 1.62. The summed E-state index contributed by atoms with van der Waals surface area (Å²) in [6.45, 7) is 2.96. The van der Waals surface area contributed by atoms with Crippen LogP contribution in [-0.4, -0.2) is 39.4 Å². The average molecular weight is 267 g/mol. The van der Waals surface area contributed by atoms with E-state index in [0.717, 1.165) is 13.0 Å². The largest absolute Gasteiger partial charge is 0.493 e. The van der Waals surface area contributed by atoms with E-state index < -0.39 is 6.04 Å². The number of methoxy groups -OCH3 is 2. The molecule has 106 valence electrons. The van der Waals surface area contributed by atoms with Crippen molar-refractivity contribution in [2.45, 2.75) is 19.4 Å². The van der Waals surface area contributed by atoms with Crippen molar-refractivity contribution in [3.05, 3.63) is 24.3 Å². The van der Waals surface area contributed by atoms with Crippen molar-refractivity contribution in [1.29, 1.82) is 0 Å². The fourth-order valence-corrected chi connectivity index (χ4v) is 1.58. The Labute approximate surface area is 113 Å². The monoisotopic (exact) mass is 267 g/mol. The van der Waals surface area contributed by atoms with E-state index in [-0.39, 0.29) is 12.6 Å². The smallest absolute Gasteiger partial charge is 0.326 e. The minimum Gasteiger partial charge on any atom is -0.493 e. The Balaban J connectivity index is 2.62. The zero-order valence-electron chi connectivity index (χ0n) is 11.6. The minimum atomic E-state index is -0.477. The lowest BCUT2D eigenvalue weighted by Gasteiger charge is -2.17. The van der Waals surface area contributed by atoms with Crippen LogP contribution in [0.4, 0.5) is 0 Å². The fraction of sp³-hybridized carbons (Fsp3) is 0.500. The van der Waals surface area contributed by atoms with Gasteiger partial charge in [-0.3, -0.25) is 4.79 Å². The van der Waals surface area contributed by atoms with Gasteiger partial charge in [-0.05, 0) is 25.1 Å². The summed E-state index contributed by atoms with van der Waals surface area (Å²) < 4.78 is 15.5. The van der Waals surface area contributed by atoms with Crippen LogP contribution in [0.3, 0.4) is 0 Å². The Hall–Kier alpha value is -1.75. The van der Waals surface area contributed by atoms with Crippen LogP contribution in [0.2, 0.25) is 0 Å². The lowest BCUT2D eigenvalue weighted by Crippen LogP contribution is -2.42. The molecule has 1 aromatic rings. The molecule has 0 saturated heterocycles. The molecule has 0 aliphatic heterocycles. The number of para-hydroxylation sites is 2. The quantitative estimate of drug-likeness (QED) is 0.725. The summed E-state index contributed by atoms with van der Waals surface area (Å²) in [6, 6.07) is 6.84. The maximum absolute atomic E-state index is 11.6. The number of hydrogen-bond donors (Lipinski definition) is 1. The lowest BCUT2D eigenvalue weighted by molar-refractivity contribution is -0.143. The van der Waals surface area contributed by atoms with Crippen LogP contribution in [0.15, 0.2) is 24.3 Å². The molecule has 0 aliphatic rings. The molecule has 1 unspecified atom stereocenters. The van der Waals surface area contributed by atoms with Gasteiger partial charge in [0.2, 0.25) is 0 Å². The van der Waals surface area contributed by atoms with Crippen molar-refractivity contribution in [3.8, 4) is 11.5 Å². The Bertz CT molecular complexity index is 395. The van der Waals surface area contributed by atoms with Crippen LogP contribution in [-0.2, 0) is 9.53 Å². The van der Waals surface area contributed by atoms with Gasteiger partial charge in [-0.1, -0.05) is 19.1 Å². The summed E-state index contributed by atoms with van der Waals surface area (Å²) in [6.07, 6.45) is 0.933. The highest BCUT2D eigenvalue weighted by Gasteiger charge is 2.19. The Morgan fingerprint density at radius 2 is 1.95 bits per heavy atom. The molecule has 0 heterocycles. The van der Waals surface area contributed by atoms with E-state index in [1.807, 2.05) is 25.1 Å². The van der Waals surface area contributed by atoms with E-state index in [0.29, 0.717) is 11.5 Å². The van der Waals surface area contributed by atoms with Gasteiger partial charge in [0.1, 0.15) is 12.6 Å². The van der Waals surface area contributed by atoms with E-state index >= 15 is 0 Å². The maximum atomic E-state index is 11.6. The second-order valence-electron chi connectivity index (χ2n) is 3.99. The first-order valence-electron chi connectivity index (χ1n) is 6.30. The number of nitrogens with one attached hydrogen (secondary N) is 1. The van der Waals surface area contributed by atoms with Gasteiger partial charge < -0.3 is 19.5 Å². The first-order valence-corrected chi connectivity index (χ1v) is 6.30. The third kappa shape index (κ3) is 4.79. The van der Waals surface area contributed by atoms with Crippen LogP contribution in [0, 0.1) is 0 Å². The summed E-state index contributed by atoms with van der Waals surface area (Å²) >= 11 is 0. The van der Waals surface area contributed by atoms with Gasteiger partial charge in [0.15, 0.2) is 11.5 Å². The SMILES string of the molecule is CCCNC(COc1ccccc1OC)C(=O)OC. The molecule has 0 aromatic heterocycles. The number of carbonyl (C=O) groups excluding carboxylic acids is 1. The highest BCUT2D eigenvalue weighted by atomic mass is 16.5. The van der Waals surface area contributed by atoms with E-state index in [4.69, 9.17) is 14.2 Å². The molecule has 0 bridgehead atoms. The molecule has 0 spiro atoms. The Morgan fingerprint density at radius 3 is 2.53 bits per heavy atom. The van der Waals surface area contributed by atoms with Crippen molar-refractivity contribution in [3.63, 3.8) is 0 Å². The Morgan fingerprint density at radius 1 is 1.26 bits per heavy atom. The Kier molecular flexibility index (Phi) is 6.74. The van der Waals surface area contributed by atoms with Crippen LogP contribution >= 0.6 is 0 Å². The molecule has 0 saturated carbocycles. The number of rotatable bonds is 8. The second-order valence-corrected chi connectivity index (χ2v) is 3.99. The van der Waals surface area contributed by atoms with Crippen LogP contribution in [0.25, 0.3) is 0 Å². The fourth-order valence-electron chi connectivity index (χ4n) is 1.58. The molecule has 5 nitrogen and oxygen atoms in total. The number of hydrogen-bond acceptors (Lipinski definition) is 5. The number of benzene rings is 1. The highest BCUT2D eigenvalue weighted by molar-refractivity contribution is 5.75. The highest BCUT2D eigenvalue weighted by Crippen LogP contribution is 2.25. The van der Waals surface area contributed by atoms with Gasteiger partial charge in [-0.15, -0.1) is 0 Å². The number of esters is 1. The molecule has 5 heteroatoms. The molecule has 1 N–H and O–H groups in total. The van der Waals surface area contributed by atoms with Crippen molar-refractivity contribution in [1.82, 2.24) is 5.32 Å². The molecule has 0 aliphatic carbocycles. The predicted molar refractivity (Wildman–Crippen MR) is 72.6 cm³/mol. The summed E-state index contributed by atoms with van der Waals surface area (Å²) in [4.78, 5) is 11.6. The van der Waals surface area contributed by atoms with Gasteiger partial charge in [-0.25, -0.2) is 0 Å². The van der Waals surface area contributed by atoms with Crippen molar-refractivity contribution in [2.24, 2.45) is 0 Å². The molecule has 19 heavy (non-hydrogen) atoms. The summed E-state index contributed by atoms with van der Waals surface area (Å²) in [5.41, 5.74) is 0. The molecule has 0 fully saturated rings. The zero-order valence-corrected chi connectivity index (χ0v) is 11.6. The zero-order chi connectivity index (χ0) is 14.1. The van der Waals surface area contributed by atoms with Gasteiger partial charge in [-0.2, -0.15) is 0 Å². The normalized spacial score (nSPS) is 11.7. The van der Waals surface area contributed by atoms with E-state index in [1.165, 1.54) is 7.11 Å². The summed E-state index contributed by atoms with van der Waals surface area (Å²) in [5.74, 6) is 0.919. The third-order valence-corrected chi connectivity index (χ3v) is 2.60. The molecule has 0 amide bonds. The van der Waals surface area contributed by atoms with Crippen molar-refractivity contribution in [2.75, 3.05) is 27.4 Å². The standard InChI is InChI=1S/C14H21NO4/c1-4-9-15-11(14(16)18-3)10-19-13-8-6-5-7-12(13)17-2/h5-8,11,15H,4,9-10H2,1-3H3. The second kappa shape index (κ2) is 8.37. The molecule has 1 atom stereocenters. The summed E-state index contributed by atoms with van der Waals surface area (Å²) in [5, 5.41) is 3.09. The van der Waals surface area contributed by atoms with Crippen LogP contribution < -0.4 is 14.8 Å². The number of ether oxygens (including phenoxy) is 3. The average Bonchev–Trinajstić information content (AvgIpc) is 2.47. The van der Waals surface area contributed by atoms with E-state index in [2.05, 4.69) is 5.32 Å². The van der Waals surface area contributed by atoms with Crippen LogP contribution in [0.5, 0.6) is 11.5 Å². The third-order valence-electron chi connectivity index (χ3n) is 2.60. The topological polar surface area (TPSA) is 56.8 Å². The molecule has 1 rings (SSSR count). The van der Waals surface area contributed by atoms with Gasteiger partial charge >= 0.3 is 5.97 Å². The first kappa shape index (κ1) is 15.3. The minimum absolute atomic E-state index is 0.201. The van der Waals surface area contributed by atoms with Gasteiger partial charge in [0, 0.05) is 0 Å². The maximum Gasteiger partial charge on any atom is 0.326 e. The lowest BCUT2D eigenvalue weighted by atomic mass is 10.3. The van der Waals surface area contributed by atoms with E-state index in [9.17, 15) is 4.79 Å². The van der Waals surface area contributed by atoms with Gasteiger partial charge in [0.05, 0.1) is 14.2 Å². The molecule has 1 aromatic carbocycles. The number of carbonyl (C=O) groups is 1. The molecular weight excluding hydrogens is 246 g/mol. The molecular formula is C14H21NO4. The first-order chi connectivity index (χ1) is 9.22. The van der Waals surface area contributed by atoms with Crippen LogP contribution in [0.1, 0.15) is 13.3 Å². The van der Waals surface area contributed by atoms with Crippen molar-refractivity contribution < 1.29 is 19.0 Å².